The summed E-state index contributed by atoms with van der Waals surface area (Å²) in [4.78, 5) is 12.8. The summed E-state index contributed by atoms with van der Waals surface area (Å²) >= 11 is 13.8. The number of fused-ring (bicyclic) bond motifs is 1. The first-order valence-electron chi connectivity index (χ1n) is 11.5. The second-order valence-corrected chi connectivity index (χ2v) is 10.3. The number of rotatable bonds is 8. The SMILES string of the molecule is O=C(CSc1nnc(-c2ccc(Cl)c(Cl)c2)n1CCc1ccccc1)NC1Cc2ccccc2C1. The van der Waals surface area contributed by atoms with Gasteiger partial charge in [-0.2, -0.15) is 0 Å². The number of carbonyl (C=O) groups is 1. The van der Waals surface area contributed by atoms with Crippen LogP contribution in [0.25, 0.3) is 11.4 Å². The van der Waals surface area contributed by atoms with E-state index in [-0.39, 0.29) is 17.7 Å². The molecule has 0 fully saturated rings. The van der Waals surface area contributed by atoms with Gasteiger partial charge in [-0.1, -0.05) is 89.6 Å². The number of hydrogen-bond donors (Lipinski definition) is 1. The molecule has 1 heterocycles. The molecule has 8 heteroatoms. The van der Waals surface area contributed by atoms with Gasteiger partial charge in [-0.3, -0.25) is 4.79 Å². The lowest BCUT2D eigenvalue weighted by Gasteiger charge is -2.13. The van der Waals surface area contributed by atoms with Crippen LogP contribution in [0, 0.1) is 0 Å². The van der Waals surface area contributed by atoms with Crippen molar-refractivity contribution in [1.29, 1.82) is 0 Å². The van der Waals surface area contributed by atoms with Gasteiger partial charge in [0.05, 0.1) is 15.8 Å². The van der Waals surface area contributed by atoms with Crippen molar-refractivity contribution in [2.75, 3.05) is 5.75 Å². The van der Waals surface area contributed by atoms with E-state index in [1.165, 1.54) is 28.5 Å². The highest BCUT2D eigenvalue weighted by Gasteiger charge is 2.23. The lowest BCUT2D eigenvalue weighted by Crippen LogP contribution is -2.36. The summed E-state index contributed by atoms with van der Waals surface area (Å²) in [5.74, 6) is 0.979. The Morgan fingerprint density at radius 3 is 2.37 bits per heavy atom. The lowest BCUT2D eigenvalue weighted by atomic mass is 10.1. The molecular formula is C27H24Cl2N4OS. The monoisotopic (exact) mass is 522 g/mol. The van der Waals surface area contributed by atoms with Gasteiger partial charge >= 0.3 is 0 Å². The third-order valence-corrected chi connectivity index (χ3v) is 7.82. The van der Waals surface area contributed by atoms with Crippen molar-refractivity contribution in [2.45, 2.75) is 37.0 Å². The summed E-state index contributed by atoms with van der Waals surface area (Å²) < 4.78 is 2.05. The molecule has 0 spiro atoms. The normalized spacial score (nSPS) is 13.1. The second-order valence-electron chi connectivity index (χ2n) is 8.55. The number of halogens is 2. The van der Waals surface area contributed by atoms with E-state index in [1.54, 1.807) is 12.1 Å². The fourth-order valence-corrected chi connectivity index (χ4v) is 5.47. The smallest absolute Gasteiger partial charge is 0.230 e. The van der Waals surface area contributed by atoms with Gasteiger partial charge in [0.2, 0.25) is 5.91 Å². The van der Waals surface area contributed by atoms with E-state index in [0.29, 0.717) is 27.6 Å². The van der Waals surface area contributed by atoms with E-state index in [4.69, 9.17) is 23.2 Å². The Morgan fingerprint density at radius 2 is 1.66 bits per heavy atom. The average molecular weight is 523 g/mol. The standard InChI is InChI=1S/C27H24Cl2N4OS/c28-23-11-10-21(16-24(23)29)26-31-32-27(33(26)13-12-18-6-2-1-3-7-18)35-17-25(34)30-22-14-19-8-4-5-9-20(19)15-22/h1-11,16,22H,12-15,17H2,(H,30,34). The minimum atomic E-state index is 0.00139. The Morgan fingerprint density at radius 1 is 0.943 bits per heavy atom. The van der Waals surface area contributed by atoms with Crippen LogP contribution in [0.3, 0.4) is 0 Å². The van der Waals surface area contributed by atoms with Crippen LogP contribution in [0.1, 0.15) is 16.7 Å². The number of nitrogens with zero attached hydrogens (tertiary/aromatic N) is 3. The van der Waals surface area contributed by atoms with Gasteiger partial charge in [0.15, 0.2) is 11.0 Å². The van der Waals surface area contributed by atoms with Crippen LogP contribution in [0.5, 0.6) is 0 Å². The molecule has 0 bridgehead atoms. The zero-order valence-corrected chi connectivity index (χ0v) is 21.3. The first-order valence-corrected chi connectivity index (χ1v) is 13.2. The molecule has 5 rings (SSSR count). The minimum absolute atomic E-state index is 0.00139. The first-order chi connectivity index (χ1) is 17.1. The van der Waals surface area contributed by atoms with E-state index in [9.17, 15) is 4.79 Å². The predicted molar refractivity (Wildman–Crippen MR) is 142 cm³/mol. The average Bonchev–Trinajstić information content (AvgIpc) is 3.47. The molecule has 5 nitrogen and oxygen atoms in total. The molecule has 0 saturated carbocycles. The van der Waals surface area contributed by atoms with Gasteiger partial charge < -0.3 is 9.88 Å². The molecule has 0 saturated heterocycles. The van der Waals surface area contributed by atoms with Crippen molar-refractivity contribution >= 4 is 40.9 Å². The fourth-order valence-electron chi connectivity index (χ4n) is 4.39. The molecule has 3 aromatic carbocycles. The number of hydrogen-bond acceptors (Lipinski definition) is 4. The van der Waals surface area contributed by atoms with Gasteiger partial charge in [-0.15, -0.1) is 10.2 Å². The molecule has 0 radical (unpaired) electrons. The molecule has 1 aliphatic carbocycles. The van der Waals surface area contributed by atoms with Crippen LogP contribution in [0.2, 0.25) is 10.0 Å². The maximum Gasteiger partial charge on any atom is 0.230 e. The van der Waals surface area contributed by atoms with Crippen LogP contribution < -0.4 is 5.32 Å². The number of carbonyl (C=O) groups excluding carboxylic acids is 1. The zero-order chi connectivity index (χ0) is 24.2. The predicted octanol–water partition coefficient (Wildman–Crippen LogP) is 5.87. The Balaban J connectivity index is 1.29. The molecule has 0 aliphatic heterocycles. The van der Waals surface area contributed by atoms with Crippen molar-refractivity contribution in [3.8, 4) is 11.4 Å². The Bertz CT molecular complexity index is 1320. The van der Waals surface area contributed by atoms with Crippen molar-refractivity contribution in [3.63, 3.8) is 0 Å². The summed E-state index contributed by atoms with van der Waals surface area (Å²) in [6, 6.07) is 24.2. The van der Waals surface area contributed by atoms with Crippen molar-refractivity contribution in [1.82, 2.24) is 20.1 Å². The van der Waals surface area contributed by atoms with Gasteiger partial charge in [0, 0.05) is 18.2 Å². The van der Waals surface area contributed by atoms with Gasteiger partial charge in [0.25, 0.3) is 0 Å². The number of aryl methyl sites for hydroxylation is 1. The Kier molecular flexibility index (Phi) is 7.42. The van der Waals surface area contributed by atoms with Gasteiger partial charge in [-0.05, 0) is 54.2 Å². The maximum absolute atomic E-state index is 12.8. The third-order valence-electron chi connectivity index (χ3n) is 6.11. The Hall–Kier alpha value is -2.80. The molecule has 178 valence electrons. The second kappa shape index (κ2) is 10.9. The molecule has 1 N–H and O–H groups in total. The van der Waals surface area contributed by atoms with Crippen LogP contribution in [-0.2, 0) is 30.6 Å². The summed E-state index contributed by atoms with van der Waals surface area (Å²) in [6.45, 7) is 0.675. The van der Waals surface area contributed by atoms with Crippen LogP contribution in [0.4, 0.5) is 0 Å². The first kappa shape index (κ1) is 23.9. The fraction of sp³-hybridized carbons (Fsp3) is 0.222. The van der Waals surface area contributed by atoms with E-state index in [2.05, 4.69) is 44.3 Å². The number of nitrogens with one attached hydrogen (secondary N) is 1. The largest absolute Gasteiger partial charge is 0.352 e. The zero-order valence-electron chi connectivity index (χ0n) is 19.0. The highest BCUT2D eigenvalue weighted by atomic mass is 35.5. The van der Waals surface area contributed by atoms with Crippen molar-refractivity contribution < 1.29 is 4.79 Å². The molecule has 0 unspecified atom stereocenters. The molecule has 1 amide bonds. The molecule has 35 heavy (non-hydrogen) atoms. The number of benzene rings is 3. The molecule has 1 aliphatic rings. The molecule has 4 aromatic rings. The van der Waals surface area contributed by atoms with E-state index in [1.807, 2.05) is 36.4 Å². The van der Waals surface area contributed by atoms with Crippen molar-refractivity contribution in [3.05, 3.63) is 99.5 Å². The molecular weight excluding hydrogens is 499 g/mol. The van der Waals surface area contributed by atoms with Crippen LogP contribution >= 0.6 is 35.0 Å². The summed E-state index contributed by atoms with van der Waals surface area (Å²) in [5, 5.41) is 13.7. The number of thioether (sulfide) groups is 1. The molecule has 0 atom stereocenters. The third kappa shape index (κ3) is 5.72. The van der Waals surface area contributed by atoms with Crippen LogP contribution in [-0.4, -0.2) is 32.5 Å². The maximum atomic E-state index is 12.8. The van der Waals surface area contributed by atoms with Gasteiger partial charge in [0.1, 0.15) is 0 Å². The van der Waals surface area contributed by atoms with E-state index in [0.717, 1.165) is 24.8 Å². The highest BCUT2D eigenvalue weighted by molar-refractivity contribution is 7.99. The number of aromatic nitrogens is 3. The molecule has 1 aromatic heterocycles. The minimum Gasteiger partial charge on any atom is -0.352 e. The Labute approximate surface area is 218 Å². The quantitative estimate of drug-likeness (QED) is 0.294. The van der Waals surface area contributed by atoms with Gasteiger partial charge in [-0.25, -0.2) is 0 Å². The highest BCUT2D eigenvalue weighted by Crippen LogP contribution is 2.30. The number of amides is 1. The van der Waals surface area contributed by atoms with E-state index >= 15 is 0 Å². The van der Waals surface area contributed by atoms with Crippen LogP contribution in [0.15, 0.2) is 78.0 Å². The summed E-state index contributed by atoms with van der Waals surface area (Å²) in [5.41, 5.74) is 4.69. The van der Waals surface area contributed by atoms with Crippen molar-refractivity contribution in [2.24, 2.45) is 0 Å². The lowest BCUT2D eigenvalue weighted by molar-refractivity contribution is -0.119. The van der Waals surface area contributed by atoms with E-state index < -0.39 is 0 Å². The topological polar surface area (TPSA) is 59.8 Å². The summed E-state index contributed by atoms with van der Waals surface area (Å²) in [6.07, 6.45) is 2.57. The summed E-state index contributed by atoms with van der Waals surface area (Å²) in [7, 11) is 0.